The summed E-state index contributed by atoms with van der Waals surface area (Å²) >= 11 is 1.58. The van der Waals surface area contributed by atoms with Crippen LogP contribution < -0.4 is 10.1 Å². The molecule has 2 aliphatic rings. The zero-order valence-corrected chi connectivity index (χ0v) is 11.5. The number of carbonyl (C=O) groups excluding carboxylic acids is 2. The lowest BCUT2D eigenvalue weighted by molar-refractivity contribution is -0.119. The van der Waals surface area contributed by atoms with E-state index in [0.717, 1.165) is 28.2 Å². The first-order valence-corrected chi connectivity index (χ1v) is 7.35. The Kier molecular flexibility index (Phi) is 3.22. The molecule has 19 heavy (non-hydrogen) atoms. The molecule has 0 bridgehead atoms. The molecular formula is C14H15NO3S. The number of rotatable bonds is 2. The molecule has 1 N–H and O–H groups in total. The maximum Gasteiger partial charge on any atom is 0.216 e. The van der Waals surface area contributed by atoms with Gasteiger partial charge in [-0.05, 0) is 18.6 Å². The highest BCUT2D eigenvalue weighted by Gasteiger charge is 2.32. The van der Waals surface area contributed by atoms with Gasteiger partial charge in [0.2, 0.25) is 5.91 Å². The summed E-state index contributed by atoms with van der Waals surface area (Å²) in [5.41, 5.74) is 1.81. The summed E-state index contributed by atoms with van der Waals surface area (Å²) in [6.45, 7) is 2.72. The van der Waals surface area contributed by atoms with Crippen LogP contribution in [0.5, 0.6) is 5.75 Å². The highest BCUT2D eigenvalue weighted by Crippen LogP contribution is 2.43. The Morgan fingerprint density at radius 1 is 1.53 bits per heavy atom. The van der Waals surface area contributed by atoms with E-state index >= 15 is 0 Å². The number of thioether (sulfide) groups is 1. The molecule has 3 rings (SSSR count). The van der Waals surface area contributed by atoms with Gasteiger partial charge in [0.05, 0.1) is 12.4 Å². The SMILES string of the molecule is CC(=O)NCC1CCOc2ccc3c(c21)C(=O)CS3. The third kappa shape index (κ3) is 2.23. The van der Waals surface area contributed by atoms with Gasteiger partial charge in [0.15, 0.2) is 5.78 Å². The summed E-state index contributed by atoms with van der Waals surface area (Å²) < 4.78 is 5.66. The van der Waals surface area contributed by atoms with Gasteiger partial charge >= 0.3 is 0 Å². The Morgan fingerprint density at radius 3 is 3.16 bits per heavy atom. The van der Waals surface area contributed by atoms with Crippen LogP contribution in [-0.4, -0.2) is 30.6 Å². The molecule has 1 aromatic carbocycles. The van der Waals surface area contributed by atoms with Crippen molar-refractivity contribution < 1.29 is 14.3 Å². The minimum atomic E-state index is -0.0404. The van der Waals surface area contributed by atoms with Gasteiger partial charge < -0.3 is 10.1 Å². The molecule has 0 aromatic heterocycles. The monoisotopic (exact) mass is 277 g/mol. The second-order valence-corrected chi connectivity index (χ2v) is 5.85. The van der Waals surface area contributed by atoms with Crippen LogP contribution in [0, 0.1) is 0 Å². The zero-order chi connectivity index (χ0) is 13.4. The zero-order valence-electron chi connectivity index (χ0n) is 10.7. The molecule has 5 heteroatoms. The number of Topliss-reactive ketones (excluding diaryl/α,β-unsaturated/α-hetero) is 1. The van der Waals surface area contributed by atoms with E-state index in [1.54, 1.807) is 11.8 Å². The first kappa shape index (κ1) is 12.5. The predicted octanol–water partition coefficient (Wildman–Crippen LogP) is 1.98. The van der Waals surface area contributed by atoms with E-state index in [0.29, 0.717) is 18.9 Å². The van der Waals surface area contributed by atoms with Crippen molar-refractivity contribution in [1.29, 1.82) is 0 Å². The van der Waals surface area contributed by atoms with Gasteiger partial charge in [-0.1, -0.05) is 0 Å². The maximum absolute atomic E-state index is 12.1. The van der Waals surface area contributed by atoms with Crippen LogP contribution in [0.25, 0.3) is 0 Å². The largest absolute Gasteiger partial charge is 0.493 e. The average Bonchev–Trinajstić information content (AvgIpc) is 2.78. The fourth-order valence-corrected chi connectivity index (χ4v) is 3.62. The summed E-state index contributed by atoms with van der Waals surface area (Å²) in [7, 11) is 0. The van der Waals surface area contributed by atoms with Crippen LogP contribution in [0.1, 0.15) is 35.2 Å². The molecule has 0 spiro atoms. The molecule has 0 aliphatic carbocycles. The van der Waals surface area contributed by atoms with Gasteiger partial charge in [-0.3, -0.25) is 9.59 Å². The Balaban J connectivity index is 2.00. The van der Waals surface area contributed by atoms with Crippen molar-refractivity contribution in [3.05, 3.63) is 23.3 Å². The third-order valence-electron chi connectivity index (χ3n) is 3.53. The number of carbonyl (C=O) groups is 2. The van der Waals surface area contributed by atoms with Gasteiger partial charge in [-0.2, -0.15) is 0 Å². The molecule has 0 saturated carbocycles. The summed E-state index contributed by atoms with van der Waals surface area (Å²) in [6.07, 6.45) is 0.835. The fourth-order valence-electron chi connectivity index (χ4n) is 2.66. The first-order valence-electron chi connectivity index (χ1n) is 6.37. The molecule has 0 fully saturated rings. The molecule has 100 valence electrons. The van der Waals surface area contributed by atoms with Gasteiger partial charge in [0, 0.05) is 35.4 Å². The smallest absolute Gasteiger partial charge is 0.216 e. The van der Waals surface area contributed by atoms with E-state index in [2.05, 4.69) is 5.32 Å². The lowest BCUT2D eigenvalue weighted by Gasteiger charge is -2.27. The van der Waals surface area contributed by atoms with E-state index in [1.807, 2.05) is 12.1 Å². The number of hydrogen-bond donors (Lipinski definition) is 1. The molecule has 2 heterocycles. The standard InChI is InChI=1S/C14H15NO3S/c1-8(16)15-6-9-4-5-18-11-2-3-12-14(13(9)11)10(17)7-19-12/h2-3,9H,4-7H2,1H3,(H,15,16). The van der Waals surface area contributed by atoms with Crippen molar-refractivity contribution >= 4 is 23.5 Å². The summed E-state index contributed by atoms with van der Waals surface area (Å²) in [6, 6.07) is 3.91. The minimum Gasteiger partial charge on any atom is -0.493 e. The Bertz CT molecular complexity index is 556. The molecule has 4 nitrogen and oxygen atoms in total. The molecule has 2 aliphatic heterocycles. The highest BCUT2D eigenvalue weighted by molar-refractivity contribution is 8.00. The van der Waals surface area contributed by atoms with Crippen molar-refractivity contribution in [3.8, 4) is 5.75 Å². The summed E-state index contributed by atoms with van der Waals surface area (Å²) in [4.78, 5) is 24.2. The number of ether oxygens (including phenoxy) is 1. The van der Waals surface area contributed by atoms with Gasteiger partial charge in [-0.15, -0.1) is 11.8 Å². The lowest BCUT2D eigenvalue weighted by Crippen LogP contribution is -2.30. The fraction of sp³-hybridized carbons (Fsp3) is 0.429. The normalized spacial score (nSPS) is 20.5. The Hall–Kier alpha value is -1.49. The minimum absolute atomic E-state index is 0.0404. The lowest BCUT2D eigenvalue weighted by atomic mass is 9.87. The second-order valence-electron chi connectivity index (χ2n) is 4.83. The highest BCUT2D eigenvalue weighted by atomic mass is 32.2. The third-order valence-corrected chi connectivity index (χ3v) is 4.59. The van der Waals surface area contributed by atoms with E-state index in [-0.39, 0.29) is 17.6 Å². The number of benzene rings is 1. The predicted molar refractivity (Wildman–Crippen MR) is 73.0 cm³/mol. The van der Waals surface area contributed by atoms with E-state index in [1.165, 1.54) is 6.92 Å². The van der Waals surface area contributed by atoms with Crippen molar-refractivity contribution in [2.24, 2.45) is 0 Å². The van der Waals surface area contributed by atoms with Crippen molar-refractivity contribution in [2.45, 2.75) is 24.2 Å². The van der Waals surface area contributed by atoms with Crippen molar-refractivity contribution in [3.63, 3.8) is 0 Å². The number of ketones is 1. The molecule has 0 radical (unpaired) electrons. The summed E-state index contributed by atoms with van der Waals surface area (Å²) in [5, 5.41) is 2.85. The van der Waals surface area contributed by atoms with E-state index < -0.39 is 0 Å². The van der Waals surface area contributed by atoms with Crippen LogP contribution >= 0.6 is 11.8 Å². The molecule has 1 atom stereocenters. The van der Waals surface area contributed by atoms with E-state index in [9.17, 15) is 9.59 Å². The Labute approximate surface area is 115 Å². The Morgan fingerprint density at radius 2 is 2.37 bits per heavy atom. The van der Waals surface area contributed by atoms with Crippen molar-refractivity contribution in [1.82, 2.24) is 5.32 Å². The first-order chi connectivity index (χ1) is 9.16. The van der Waals surface area contributed by atoms with Crippen molar-refractivity contribution in [2.75, 3.05) is 18.9 Å². The maximum atomic E-state index is 12.1. The van der Waals surface area contributed by atoms with Gasteiger partial charge in [0.25, 0.3) is 0 Å². The van der Waals surface area contributed by atoms with Crippen LogP contribution in [0.4, 0.5) is 0 Å². The second kappa shape index (κ2) is 4.89. The molecule has 1 amide bonds. The topological polar surface area (TPSA) is 55.4 Å². The quantitative estimate of drug-likeness (QED) is 0.898. The molecule has 1 unspecified atom stereocenters. The number of nitrogens with one attached hydrogen (secondary N) is 1. The number of hydrogen-bond acceptors (Lipinski definition) is 4. The van der Waals surface area contributed by atoms with Crippen LogP contribution in [0.3, 0.4) is 0 Å². The van der Waals surface area contributed by atoms with Gasteiger partial charge in [0.1, 0.15) is 5.75 Å². The van der Waals surface area contributed by atoms with E-state index in [4.69, 9.17) is 4.74 Å². The molecule has 0 saturated heterocycles. The van der Waals surface area contributed by atoms with Crippen LogP contribution in [0.15, 0.2) is 17.0 Å². The van der Waals surface area contributed by atoms with Crippen LogP contribution in [-0.2, 0) is 4.79 Å². The summed E-state index contributed by atoms with van der Waals surface area (Å²) in [5.74, 6) is 1.62. The van der Waals surface area contributed by atoms with Crippen LogP contribution in [0.2, 0.25) is 0 Å². The molecule has 1 aromatic rings. The number of fused-ring (bicyclic) bond motifs is 3. The number of amides is 1. The average molecular weight is 277 g/mol. The molecular weight excluding hydrogens is 262 g/mol. The van der Waals surface area contributed by atoms with Gasteiger partial charge in [-0.25, -0.2) is 0 Å².